The molecule has 1 aliphatic heterocycles. The Morgan fingerprint density at radius 3 is 2.50 bits per heavy atom. The molecule has 0 spiro atoms. The van der Waals surface area contributed by atoms with Crippen molar-refractivity contribution >= 4 is 17.9 Å². The van der Waals surface area contributed by atoms with Crippen LogP contribution in [0.3, 0.4) is 0 Å². The van der Waals surface area contributed by atoms with E-state index in [2.05, 4.69) is 10.4 Å². The first-order valence-electron chi connectivity index (χ1n) is 5.04. The van der Waals surface area contributed by atoms with Gasteiger partial charge < -0.3 is 0 Å². The minimum Gasteiger partial charge on any atom is -0.292 e. The number of carbonyl (C=O) groups is 2. The van der Waals surface area contributed by atoms with Gasteiger partial charge in [-0.05, 0) is 19.9 Å². The minimum atomic E-state index is -0.298. The summed E-state index contributed by atoms with van der Waals surface area (Å²) in [6.07, 6.45) is 1.91. The predicted molar refractivity (Wildman–Crippen MR) is 58.4 cm³/mol. The fourth-order valence-electron chi connectivity index (χ4n) is 1.79. The SMILES string of the molecule is Cc1nn(C)c(C)c1C=C1CC(=O)NC1=O. The predicted octanol–water partition coefficient (Wildman–Crippen LogP) is 0.467. The Hall–Kier alpha value is -1.91. The van der Waals surface area contributed by atoms with Crippen molar-refractivity contribution in [1.82, 2.24) is 15.1 Å². The van der Waals surface area contributed by atoms with Gasteiger partial charge in [0.15, 0.2) is 0 Å². The molecule has 0 aromatic carbocycles. The van der Waals surface area contributed by atoms with E-state index in [0.29, 0.717) is 5.57 Å². The van der Waals surface area contributed by atoms with E-state index in [1.807, 2.05) is 20.9 Å². The summed E-state index contributed by atoms with van der Waals surface area (Å²) >= 11 is 0. The Morgan fingerprint density at radius 1 is 1.38 bits per heavy atom. The Labute approximate surface area is 93.1 Å². The second-order valence-electron chi connectivity index (χ2n) is 3.93. The van der Waals surface area contributed by atoms with Gasteiger partial charge in [0, 0.05) is 23.9 Å². The first-order chi connectivity index (χ1) is 7.49. The fourth-order valence-corrected chi connectivity index (χ4v) is 1.79. The highest BCUT2D eigenvalue weighted by molar-refractivity contribution is 6.15. The fraction of sp³-hybridized carbons (Fsp3) is 0.364. The topological polar surface area (TPSA) is 64.0 Å². The summed E-state index contributed by atoms with van der Waals surface area (Å²) in [7, 11) is 1.85. The molecule has 1 N–H and O–H groups in total. The zero-order valence-corrected chi connectivity index (χ0v) is 9.50. The van der Waals surface area contributed by atoms with Gasteiger partial charge in [0.2, 0.25) is 5.91 Å². The summed E-state index contributed by atoms with van der Waals surface area (Å²) in [6, 6.07) is 0. The third kappa shape index (κ3) is 1.64. The van der Waals surface area contributed by atoms with Crippen molar-refractivity contribution in [3.05, 3.63) is 22.5 Å². The normalized spacial score (nSPS) is 18.3. The Balaban J connectivity index is 2.43. The Bertz CT molecular complexity index is 512. The van der Waals surface area contributed by atoms with Crippen LogP contribution < -0.4 is 5.32 Å². The molecular weight excluding hydrogens is 206 g/mol. The van der Waals surface area contributed by atoms with Gasteiger partial charge in [0.25, 0.3) is 5.91 Å². The van der Waals surface area contributed by atoms with E-state index in [9.17, 15) is 9.59 Å². The van der Waals surface area contributed by atoms with Crippen molar-refractivity contribution in [2.75, 3.05) is 0 Å². The number of imide groups is 1. The monoisotopic (exact) mass is 219 g/mol. The van der Waals surface area contributed by atoms with Gasteiger partial charge in [-0.25, -0.2) is 0 Å². The third-order valence-electron chi connectivity index (χ3n) is 2.78. The summed E-state index contributed by atoms with van der Waals surface area (Å²) in [5, 5.41) is 6.51. The average molecular weight is 219 g/mol. The summed E-state index contributed by atoms with van der Waals surface area (Å²) in [4.78, 5) is 22.4. The molecule has 0 bridgehead atoms. The maximum atomic E-state index is 11.4. The molecule has 0 saturated carbocycles. The highest BCUT2D eigenvalue weighted by Gasteiger charge is 2.24. The molecule has 84 valence electrons. The number of nitrogens with one attached hydrogen (secondary N) is 1. The maximum Gasteiger partial charge on any atom is 0.254 e. The number of aromatic nitrogens is 2. The van der Waals surface area contributed by atoms with Crippen LogP contribution in [0, 0.1) is 13.8 Å². The van der Waals surface area contributed by atoms with Crippen molar-refractivity contribution in [1.29, 1.82) is 0 Å². The van der Waals surface area contributed by atoms with Crippen molar-refractivity contribution in [3.63, 3.8) is 0 Å². The molecule has 0 atom stereocenters. The lowest BCUT2D eigenvalue weighted by Crippen LogP contribution is -2.19. The van der Waals surface area contributed by atoms with Gasteiger partial charge in [-0.15, -0.1) is 0 Å². The molecule has 16 heavy (non-hydrogen) atoms. The molecule has 0 aliphatic carbocycles. The molecule has 1 saturated heterocycles. The summed E-state index contributed by atoms with van der Waals surface area (Å²) in [5.74, 6) is -0.539. The van der Waals surface area contributed by atoms with E-state index in [1.54, 1.807) is 10.8 Å². The van der Waals surface area contributed by atoms with E-state index in [1.165, 1.54) is 0 Å². The first-order valence-corrected chi connectivity index (χ1v) is 5.04. The van der Waals surface area contributed by atoms with Gasteiger partial charge in [-0.2, -0.15) is 5.10 Å². The summed E-state index contributed by atoms with van der Waals surface area (Å²) in [5.41, 5.74) is 3.27. The summed E-state index contributed by atoms with van der Waals surface area (Å²) in [6.45, 7) is 3.81. The molecule has 2 amide bonds. The number of aryl methyl sites for hydroxylation is 2. The van der Waals surface area contributed by atoms with Crippen LogP contribution in [0.1, 0.15) is 23.4 Å². The van der Waals surface area contributed by atoms with Crippen LogP contribution in [0.2, 0.25) is 0 Å². The number of amides is 2. The molecule has 1 aliphatic rings. The second kappa shape index (κ2) is 3.59. The average Bonchev–Trinajstić information content (AvgIpc) is 2.62. The van der Waals surface area contributed by atoms with Gasteiger partial charge >= 0.3 is 0 Å². The maximum absolute atomic E-state index is 11.4. The Morgan fingerprint density at radius 2 is 2.06 bits per heavy atom. The molecule has 5 nitrogen and oxygen atoms in total. The molecule has 1 aromatic rings. The van der Waals surface area contributed by atoms with Gasteiger partial charge in [0.1, 0.15) is 0 Å². The highest BCUT2D eigenvalue weighted by atomic mass is 16.2. The van der Waals surface area contributed by atoms with Crippen molar-refractivity contribution in [2.45, 2.75) is 20.3 Å². The molecular formula is C11H13N3O2. The number of hydrogen-bond donors (Lipinski definition) is 1. The van der Waals surface area contributed by atoms with E-state index in [-0.39, 0.29) is 18.2 Å². The molecule has 2 rings (SSSR count). The zero-order valence-electron chi connectivity index (χ0n) is 9.50. The lowest BCUT2D eigenvalue weighted by molar-refractivity contribution is -0.124. The molecule has 2 heterocycles. The number of carbonyl (C=O) groups excluding carboxylic acids is 2. The van der Waals surface area contributed by atoms with E-state index >= 15 is 0 Å². The molecule has 1 aromatic heterocycles. The van der Waals surface area contributed by atoms with E-state index < -0.39 is 0 Å². The highest BCUT2D eigenvalue weighted by Crippen LogP contribution is 2.19. The lowest BCUT2D eigenvalue weighted by Gasteiger charge is -1.96. The van der Waals surface area contributed by atoms with Crippen LogP contribution in [0.5, 0.6) is 0 Å². The molecule has 1 fully saturated rings. The van der Waals surface area contributed by atoms with Crippen LogP contribution in [-0.4, -0.2) is 21.6 Å². The second-order valence-corrected chi connectivity index (χ2v) is 3.93. The van der Waals surface area contributed by atoms with Crippen LogP contribution >= 0.6 is 0 Å². The van der Waals surface area contributed by atoms with E-state index in [4.69, 9.17) is 0 Å². The van der Waals surface area contributed by atoms with Crippen LogP contribution in [0.25, 0.3) is 6.08 Å². The van der Waals surface area contributed by atoms with Gasteiger partial charge in [-0.3, -0.25) is 19.6 Å². The third-order valence-corrected chi connectivity index (χ3v) is 2.78. The summed E-state index contributed by atoms with van der Waals surface area (Å²) < 4.78 is 1.76. The molecule has 0 radical (unpaired) electrons. The van der Waals surface area contributed by atoms with Crippen molar-refractivity contribution in [3.8, 4) is 0 Å². The van der Waals surface area contributed by atoms with E-state index in [0.717, 1.165) is 17.0 Å². The minimum absolute atomic E-state index is 0.159. The van der Waals surface area contributed by atoms with Crippen LogP contribution in [-0.2, 0) is 16.6 Å². The number of nitrogens with zero attached hydrogens (tertiary/aromatic N) is 2. The quantitative estimate of drug-likeness (QED) is 0.551. The number of hydrogen-bond acceptors (Lipinski definition) is 3. The van der Waals surface area contributed by atoms with Crippen LogP contribution in [0.15, 0.2) is 5.57 Å². The van der Waals surface area contributed by atoms with Crippen molar-refractivity contribution < 1.29 is 9.59 Å². The Kier molecular flexibility index (Phi) is 2.38. The zero-order chi connectivity index (χ0) is 11.9. The smallest absolute Gasteiger partial charge is 0.254 e. The van der Waals surface area contributed by atoms with Crippen molar-refractivity contribution in [2.24, 2.45) is 7.05 Å². The lowest BCUT2D eigenvalue weighted by atomic mass is 10.1. The van der Waals surface area contributed by atoms with Crippen LogP contribution in [0.4, 0.5) is 0 Å². The molecule has 0 unspecified atom stereocenters. The standard InChI is InChI=1S/C11H13N3O2/c1-6-9(7(2)14(3)13-6)4-8-5-10(15)12-11(8)16/h4H,5H2,1-3H3,(H,12,15,16). The van der Waals surface area contributed by atoms with Gasteiger partial charge in [-0.1, -0.05) is 0 Å². The molecule has 5 heteroatoms. The van der Waals surface area contributed by atoms with Gasteiger partial charge in [0.05, 0.1) is 12.1 Å². The number of rotatable bonds is 1. The first kappa shape index (κ1) is 10.6. The largest absolute Gasteiger partial charge is 0.292 e.